The minimum Gasteiger partial charge on any atom is -0.480 e. The second-order valence-corrected chi connectivity index (χ2v) is 4.44. The fraction of sp³-hybridized carbons (Fsp3) is 0.357. The Morgan fingerprint density at radius 2 is 2.19 bits per heavy atom. The van der Waals surface area contributed by atoms with Crippen molar-refractivity contribution in [3.05, 3.63) is 29.6 Å². The van der Waals surface area contributed by atoms with Crippen LogP contribution in [0.25, 0.3) is 0 Å². The minimum atomic E-state index is -1.12. The van der Waals surface area contributed by atoms with Gasteiger partial charge in [0.2, 0.25) is 0 Å². The fourth-order valence-electron chi connectivity index (χ4n) is 1.68. The summed E-state index contributed by atoms with van der Waals surface area (Å²) in [6.45, 7) is 1.92. The Morgan fingerprint density at radius 3 is 2.76 bits per heavy atom. The van der Waals surface area contributed by atoms with Gasteiger partial charge >= 0.3 is 12.0 Å². The lowest BCUT2D eigenvalue weighted by molar-refractivity contribution is -0.139. The molecule has 1 atom stereocenters. The van der Waals surface area contributed by atoms with Crippen LogP contribution in [0.4, 0.5) is 14.9 Å². The molecule has 1 rings (SSSR count). The van der Waals surface area contributed by atoms with Crippen LogP contribution in [0.2, 0.25) is 0 Å². The summed E-state index contributed by atoms with van der Waals surface area (Å²) < 4.78 is 13.1. The van der Waals surface area contributed by atoms with E-state index in [-0.39, 0.29) is 11.3 Å². The molecular formula is C14H16FN3O3. The van der Waals surface area contributed by atoms with E-state index in [4.69, 9.17) is 10.4 Å². The molecule has 0 saturated carbocycles. The number of nitrogens with zero attached hydrogens (tertiary/aromatic N) is 1. The van der Waals surface area contributed by atoms with Gasteiger partial charge in [0.15, 0.2) is 0 Å². The summed E-state index contributed by atoms with van der Waals surface area (Å²) in [4.78, 5) is 22.7. The molecule has 6 nitrogen and oxygen atoms in total. The molecule has 0 fully saturated rings. The second-order valence-electron chi connectivity index (χ2n) is 4.44. The Morgan fingerprint density at radius 1 is 1.48 bits per heavy atom. The maximum atomic E-state index is 13.1. The van der Waals surface area contributed by atoms with E-state index in [1.165, 1.54) is 12.1 Å². The molecule has 0 heterocycles. The molecule has 21 heavy (non-hydrogen) atoms. The highest BCUT2D eigenvalue weighted by Crippen LogP contribution is 2.13. The van der Waals surface area contributed by atoms with Crippen molar-refractivity contribution in [3.63, 3.8) is 0 Å². The van der Waals surface area contributed by atoms with Crippen LogP contribution in [0.5, 0.6) is 0 Å². The quantitative estimate of drug-likeness (QED) is 0.749. The zero-order valence-electron chi connectivity index (χ0n) is 11.5. The van der Waals surface area contributed by atoms with Gasteiger partial charge in [-0.25, -0.2) is 14.0 Å². The van der Waals surface area contributed by atoms with Gasteiger partial charge in [-0.1, -0.05) is 19.8 Å². The monoisotopic (exact) mass is 293 g/mol. The number of rotatable bonds is 6. The van der Waals surface area contributed by atoms with Crippen LogP contribution < -0.4 is 10.6 Å². The number of urea groups is 1. The summed E-state index contributed by atoms with van der Waals surface area (Å²) in [7, 11) is 0. The number of aliphatic carboxylic acids is 1. The van der Waals surface area contributed by atoms with Crippen LogP contribution in [-0.4, -0.2) is 23.1 Å². The number of carboxylic acid groups (broad SMARTS) is 1. The Hall–Kier alpha value is -2.62. The predicted molar refractivity (Wildman–Crippen MR) is 74.2 cm³/mol. The van der Waals surface area contributed by atoms with Crippen LogP contribution >= 0.6 is 0 Å². The second kappa shape index (κ2) is 7.85. The molecule has 112 valence electrons. The van der Waals surface area contributed by atoms with Crippen molar-refractivity contribution >= 4 is 17.7 Å². The molecule has 2 amide bonds. The number of halogens is 1. The molecule has 0 bridgehead atoms. The predicted octanol–water partition coefficient (Wildman–Crippen LogP) is 2.46. The molecule has 0 aliphatic carbocycles. The third-order valence-corrected chi connectivity index (χ3v) is 2.79. The molecule has 0 aliphatic rings. The number of anilines is 1. The maximum Gasteiger partial charge on any atom is 0.326 e. The molecule has 0 aromatic heterocycles. The summed E-state index contributed by atoms with van der Waals surface area (Å²) >= 11 is 0. The lowest BCUT2D eigenvalue weighted by atomic mass is 10.1. The molecule has 7 heteroatoms. The average Bonchev–Trinajstić information content (AvgIpc) is 2.45. The first-order chi connectivity index (χ1) is 9.97. The van der Waals surface area contributed by atoms with Crippen molar-refractivity contribution in [2.24, 2.45) is 0 Å². The molecule has 0 saturated heterocycles. The van der Waals surface area contributed by atoms with Crippen molar-refractivity contribution in [2.45, 2.75) is 32.2 Å². The zero-order valence-corrected chi connectivity index (χ0v) is 11.5. The van der Waals surface area contributed by atoms with Gasteiger partial charge < -0.3 is 15.7 Å². The highest BCUT2D eigenvalue weighted by atomic mass is 19.1. The minimum absolute atomic E-state index is 0.200. The van der Waals surface area contributed by atoms with Crippen LogP contribution in [0.15, 0.2) is 18.2 Å². The molecule has 1 unspecified atom stereocenters. The van der Waals surface area contributed by atoms with Crippen LogP contribution in [-0.2, 0) is 4.79 Å². The Labute approximate surface area is 121 Å². The van der Waals surface area contributed by atoms with Crippen LogP contribution in [0.3, 0.4) is 0 Å². The smallest absolute Gasteiger partial charge is 0.326 e. The van der Waals surface area contributed by atoms with E-state index >= 15 is 0 Å². The molecule has 3 N–H and O–H groups in total. The van der Waals surface area contributed by atoms with Crippen molar-refractivity contribution in [1.29, 1.82) is 5.26 Å². The van der Waals surface area contributed by atoms with E-state index < -0.39 is 23.9 Å². The largest absolute Gasteiger partial charge is 0.480 e. The molecular weight excluding hydrogens is 277 g/mol. The number of amides is 2. The van der Waals surface area contributed by atoms with E-state index in [0.717, 1.165) is 12.5 Å². The van der Waals surface area contributed by atoms with Gasteiger partial charge in [0.1, 0.15) is 17.9 Å². The number of carbonyl (C=O) groups is 2. The molecule has 1 aromatic carbocycles. The van der Waals surface area contributed by atoms with E-state index in [0.29, 0.717) is 12.8 Å². The summed E-state index contributed by atoms with van der Waals surface area (Å²) in [6, 6.07) is 3.48. The third kappa shape index (κ3) is 5.10. The first-order valence-corrected chi connectivity index (χ1v) is 6.48. The van der Waals surface area contributed by atoms with E-state index in [9.17, 15) is 14.0 Å². The SMILES string of the molecule is CCCCC(NC(=O)Nc1ccc(F)c(C#N)c1)C(=O)O. The number of benzene rings is 1. The van der Waals surface area contributed by atoms with Crippen LogP contribution in [0, 0.1) is 17.1 Å². The van der Waals surface area contributed by atoms with Crippen molar-refractivity contribution in [2.75, 3.05) is 5.32 Å². The fourth-order valence-corrected chi connectivity index (χ4v) is 1.68. The highest BCUT2D eigenvalue weighted by molar-refractivity contribution is 5.92. The lowest BCUT2D eigenvalue weighted by Gasteiger charge is -2.14. The Kier molecular flexibility index (Phi) is 6.14. The summed E-state index contributed by atoms with van der Waals surface area (Å²) in [6.07, 6.45) is 1.81. The molecule has 1 aromatic rings. The molecule has 0 aliphatic heterocycles. The van der Waals surface area contributed by atoms with Gasteiger partial charge in [-0.2, -0.15) is 5.26 Å². The highest BCUT2D eigenvalue weighted by Gasteiger charge is 2.19. The zero-order chi connectivity index (χ0) is 15.8. The number of carboxylic acids is 1. The summed E-state index contributed by atoms with van der Waals surface area (Å²) in [5.41, 5.74) is 0.0126. The topological polar surface area (TPSA) is 102 Å². The normalized spacial score (nSPS) is 11.3. The molecule has 0 spiro atoms. The van der Waals surface area contributed by atoms with Gasteiger partial charge in [-0.05, 0) is 24.6 Å². The van der Waals surface area contributed by atoms with Gasteiger partial charge in [0, 0.05) is 5.69 Å². The van der Waals surface area contributed by atoms with Gasteiger partial charge in [-0.3, -0.25) is 0 Å². The first kappa shape index (κ1) is 16.4. The van der Waals surface area contributed by atoms with Crippen LogP contribution in [0.1, 0.15) is 31.7 Å². The number of hydrogen-bond donors (Lipinski definition) is 3. The first-order valence-electron chi connectivity index (χ1n) is 6.48. The average molecular weight is 293 g/mol. The third-order valence-electron chi connectivity index (χ3n) is 2.79. The van der Waals surface area contributed by atoms with E-state index in [2.05, 4.69) is 10.6 Å². The number of carbonyl (C=O) groups excluding carboxylic acids is 1. The summed E-state index contributed by atoms with van der Waals surface area (Å²) in [5.74, 6) is -1.80. The Balaban J connectivity index is 2.68. The van der Waals surface area contributed by atoms with Crippen molar-refractivity contribution < 1.29 is 19.1 Å². The standard InChI is InChI=1S/C14H16FN3O3/c1-2-3-4-12(13(19)20)18-14(21)17-10-5-6-11(15)9(7-10)8-16/h5-7,12H,2-4H2,1H3,(H,19,20)(H2,17,18,21). The van der Waals surface area contributed by atoms with E-state index in [1.807, 2.05) is 6.92 Å². The Bertz CT molecular complexity index is 569. The van der Waals surface area contributed by atoms with Crippen molar-refractivity contribution in [3.8, 4) is 6.07 Å². The lowest BCUT2D eigenvalue weighted by Crippen LogP contribution is -2.42. The van der Waals surface area contributed by atoms with Crippen molar-refractivity contribution in [1.82, 2.24) is 5.32 Å². The number of nitrogens with one attached hydrogen (secondary N) is 2. The number of hydrogen-bond acceptors (Lipinski definition) is 3. The number of unbranched alkanes of at least 4 members (excludes halogenated alkanes) is 1. The van der Waals surface area contributed by atoms with Gasteiger partial charge in [0.25, 0.3) is 0 Å². The number of nitriles is 1. The van der Waals surface area contributed by atoms with Gasteiger partial charge in [-0.15, -0.1) is 0 Å². The van der Waals surface area contributed by atoms with E-state index in [1.54, 1.807) is 6.07 Å². The van der Waals surface area contributed by atoms with Gasteiger partial charge in [0.05, 0.1) is 5.56 Å². The maximum absolute atomic E-state index is 13.1. The molecule has 0 radical (unpaired) electrons. The summed E-state index contributed by atoms with van der Waals surface area (Å²) in [5, 5.41) is 22.4.